The van der Waals surface area contributed by atoms with E-state index in [0.29, 0.717) is 5.56 Å². The summed E-state index contributed by atoms with van der Waals surface area (Å²) in [6, 6.07) is 4.09. The van der Waals surface area contributed by atoms with Gasteiger partial charge in [0.1, 0.15) is 11.9 Å². The lowest BCUT2D eigenvalue weighted by molar-refractivity contribution is 0.704. The van der Waals surface area contributed by atoms with Crippen LogP contribution in [-0.4, -0.2) is 21.1 Å². The van der Waals surface area contributed by atoms with E-state index in [2.05, 4.69) is 32.8 Å². The molecular formula is C15H19N5. The summed E-state index contributed by atoms with van der Waals surface area (Å²) in [5.41, 5.74) is 4.64. The first-order valence-corrected chi connectivity index (χ1v) is 6.63. The Morgan fingerprint density at radius 2 is 2.00 bits per heavy atom. The Balaban J connectivity index is 2.02. The average molecular weight is 269 g/mol. The number of nitriles is 1. The standard InChI is InChI=1S/C15H19N5/c1-10-7-15(19-12(3)14(10)8-16)17-5-6-20-9-18-11(2)13(20)4/h7,9H,5-6H2,1-4H3,(H,17,19). The van der Waals surface area contributed by atoms with Crippen LogP contribution in [0.5, 0.6) is 0 Å². The van der Waals surface area contributed by atoms with E-state index in [4.69, 9.17) is 5.26 Å². The number of nitrogens with zero attached hydrogens (tertiary/aromatic N) is 4. The predicted molar refractivity (Wildman–Crippen MR) is 78.6 cm³/mol. The van der Waals surface area contributed by atoms with Crippen molar-refractivity contribution in [2.45, 2.75) is 34.2 Å². The van der Waals surface area contributed by atoms with Crippen LogP contribution >= 0.6 is 0 Å². The summed E-state index contributed by atoms with van der Waals surface area (Å²) < 4.78 is 2.12. The monoisotopic (exact) mass is 269 g/mol. The van der Waals surface area contributed by atoms with Crippen LogP contribution in [0.4, 0.5) is 5.82 Å². The van der Waals surface area contributed by atoms with Crippen LogP contribution in [0.3, 0.4) is 0 Å². The quantitative estimate of drug-likeness (QED) is 0.926. The highest BCUT2D eigenvalue weighted by Crippen LogP contribution is 2.15. The normalized spacial score (nSPS) is 10.3. The molecule has 0 spiro atoms. The zero-order valence-corrected chi connectivity index (χ0v) is 12.4. The molecule has 0 saturated heterocycles. The maximum absolute atomic E-state index is 9.03. The van der Waals surface area contributed by atoms with Gasteiger partial charge in [0.25, 0.3) is 0 Å². The van der Waals surface area contributed by atoms with Gasteiger partial charge in [-0.1, -0.05) is 0 Å². The van der Waals surface area contributed by atoms with Crippen molar-refractivity contribution in [2.24, 2.45) is 0 Å². The number of imidazole rings is 1. The number of rotatable bonds is 4. The second kappa shape index (κ2) is 5.74. The molecule has 0 unspecified atom stereocenters. The zero-order valence-electron chi connectivity index (χ0n) is 12.4. The van der Waals surface area contributed by atoms with Gasteiger partial charge in [0, 0.05) is 18.8 Å². The minimum atomic E-state index is 0.664. The number of pyridine rings is 1. The maximum atomic E-state index is 9.03. The van der Waals surface area contributed by atoms with Crippen LogP contribution in [0.1, 0.15) is 28.2 Å². The molecule has 104 valence electrons. The fourth-order valence-electron chi connectivity index (χ4n) is 2.17. The summed E-state index contributed by atoms with van der Waals surface area (Å²) in [5, 5.41) is 12.3. The number of nitrogens with one attached hydrogen (secondary N) is 1. The molecule has 2 heterocycles. The first-order chi connectivity index (χ1) is 9.52. The molecule has 0 amide bonds. The highest BCUT2D eigenvalue weighted by atomic mass is 15.1. The molecule has 0 radical (unpaired) electrons. The molecule has 20 heavy (non-hydrogen) atoms. The van der Waals surface area contributed by atoms with Crippen molar-refractivity contribution >= 4 is 5.82 Å². The van der Waals surface area contributed by atoms with E-state index in [-0.39, 0.29) is 0 Å². The molecule has 0 aliphatic carbocycles. The lowest BCUT2D eigenvalue weighted by Gasteiger charge is -2.10. The first kappa shape index (κ1) is 14.1. The van der Waals surface area contributed by atoms with Gasteiger partial charge < -0.3 is 9.88 Å². The van der Waals surface area contributed by atoms with Crippen LogP contribution in [0.15, 0.2) is 12.4 Å². The molecule has 2 aromatic heterocycles. The van der Waals surface area contributed by atoms with E-state index < -0.39 is 0 Å². The minimum Gasteiger partial charge on any atom is -0.368 e. The van der Waals surface area contributed by atoms with Crippen molar-refractivity contribution < 1.29 is 0 Å². The fourth-order valence-corrected chi connectivity index (χ4v) is 2.17. The molecule has 0 bridgehead atoms. The molecule has 1 N–H and O–H groups in total. The summed E-state index contributed by atoms with van der Waals surface area (Å²) in [6.07, 6.45) is 1.86. The summed E-state index contributed by atoms with van der Waals surface area (Å²) in [7, 11) is 0. The number of hydrogen-bond acceptors (Lipinski definition) is 4. The second-order valence-corrected chi connectivity index (χ2v) is 4.93. The molecule has 2 aromatic rings. The highest BCUT2D eigenvalue weighted by Gasteiger charge is 2.06. The Bertz CT molecular complexity index is 640. The van der Waals surface area contributed by atoms with E-state index in [9.17, 15) is 0 Å². The van der Waals surface area contributed by atoms with Gasteiger partial charge >= 0.3 is 0 Å². The van der Waals surface area contributed by atoms with Gasteiger partial charge in [-0.3, -0.25) is 0 Å². The van der Waals surface area contributed by atoms with Gasteiger partial charge in [-0.2, -0.15) is 5.26 Å². The molecule has 0 fully saturated rings. The van der Waals surface area contributed by atoms with Gasteiger partial charge in [-0.15, -0.1) is 0 Å². The summed E-state index contributed by atoms with van der Waals surface area (Å²) in [4.78, 5) is 8.68. The van der Waals surface area contributed by atoms with Crippen molar-refractivity contribution in [2.75, 3.05) is 11.9 Å². The van der Waals surface area contributed by atoms with E-state index in [0.717, 1.165) is 35.9 Å². The number of aromatic nitrogens is 3. The molecule has 0 aliphatic heterocycles. The van der Waals surface area contributed by atoms with Crippen molar-refractivity contribution in [3.63, 3.8) is 0 Å². The predicted octanol–water partition coefficient (Wildman–Crippen LogP) is 2.50. The van der Waals surface area contributed by atoms with Crippen molar-refractivity contribution in [1.29, 1.82) is 5.26 Å². The van der Waals surface area contributed by atoms with Crippen LogP contribution in [-0.2, 0) is 6.54 Å². The van der Waals surface area contributed by atoms with Gasteiger partial charge in [0.05, 0.1) is 23.3 Å². The number of aryl methyl sites for hydroxylation is 3. The topological polar surface area (TPSA) is 66.5 Å². The maximum Gasteiger partial charge on any atom is 0.126 e. The van der Waals surface area contributed by atoms with Crippen LogP contribution in [0, 0.1) is 39.0 Å². The van der Waals surface area contributed by atoms with Crippen LogP contribution in [0.25, 0.3) is 0 Å². The lowest BCUT2D eigenvalue weighted by atomic mass is 10.1. The minimum absolute atomic E-state index is 0.664. The average Bonchev–Trinajstić information content (AvgIpc) is 2.70. The van der Waals surface area contributed by atoms with E-state index in [1.807, 2.05) is 33.2 Å². The Hall–Kier alpha value is -2.35. The smallest absolute Gasteiger partial charge is 0.126 e. The van der Waals surface area contributed by atoms with Crippen molar-refractivity contribution in [3.8, 4) is 6.07 Å². The molecule has 0 aromatic carbocycles. The lowest BCUT2D eigenvalue weighted by Crippen LogP contribution is -2.12. The Morgan fingerprint density at radius 3 is 2.55 bits per heavy atom. The van der Waals surface area contributed by atoms with Gasteiger partial charge in [0.15, 0.2) is 0 Å². The van der Waals surface area contributed by atoms with Crippen LogP contribution in [0.2, 0.25) is 0 Å². The fraction of sp³-hybridized carbons (Fsp3) is 0.400. The van der Waals surface area contributed by atoms with Gasteiger partial charge in [0.2, 0.25) is 0 Å². The second-order valence-electron chi connectivity index (χ2n) is 4.93. The Kier molecular flexibility index (Phi) is 4.04. The molecule has 0 atom stereocenters. The number of hydrogen-bond donors (Lipinski definition) is 1. The Morgan fingerprint density at radius 1 is 1.25 bits per heavy atom. The summed E-state index contributed by atoms with van der Waals surface area (Å²) in [5.74, 6) is 0.813. The molecule has 5 nitrogen and oxygen atoms in total. The molecule has 0 aliphatic rings. The van der Waals surface area contributed by atoms with Gasteiger partial charge in [-0.25, -0.2) is 9.97 Å². The highest BCUT2D eigenvalue weighted by molar-refractivity contribution is 5.48. The third-order valence-electron chi connectivity index (χ3n) is 3.51. The first-order valence-electron chi connectivity index (χ1n) is 6.63. The zero-order chi connectivity index (χ0) is 14.7. The molecule has 0 saturated carbocycles. The summed E-state index contributed by atoms with van der Waals surface area (Å²) >= 11 is 0. The molecule has 5 heteroatoms. The van der Waals surface area contributed by atoms with Crippen molar-refractivity contribution in [1.82, 2.24) is 14.5 Å². The Labute approximate surface area is 119 Å². The van der Waals surface area contributed by atoms with E-state index in [1.54, 1.807) is 0 Å². The SMILES string of the molecule is Cc1cc(NCCn2cnc(C)c2C)nc(C)c1C#N. The van der Waals surface area contributed by atoms with Gasteiger partial charge in [-0.05, 0) is 39.3 Å². The third kappa shape index (κ3) is 2.80. The van der Waals surface area contributed by atoms with Crippen molar-refractivity contribution in [3.05, 3.63) is 40.6 Å². The third-order valence-corrected chi connectivity index (χ3v) is 3.51. The number of anilines is 1. The van der Waals surface area contributed by atoms with E-state index in [1.165, 1.54) is 5.69 Å². The molecular weight excluding hydrogens is 250 g/mol. The van der Waals surface area contributed by atoms with E-state index >= 15 is 0 Å². The largest absolute Gasteiger partial charge is 0.368 e. The van der Waals surface area contributed by atoms with Crippen LogP contribution < -0.4 is 5.32 Å². The summed E-state index contributed by atoms with van der Waals surface area (Å²) in [6.45, 7) is 9.48. The molecule has 2 rings (SSSR count).